The Balaban J connectivity index is 1.84. The summed E-state index contributed by atoms with van der Waals surface area (Å²) in [5.74, 6) is 1.89. The molecule has 1 fully saturated rings. The van der Waals surface area contributed by atoms with Gasteiger partial charge in [-0.25, -0.2) is 0 Å². The van der Waals surface area contributed by atoms with Gasteiger partial charge in [0.2, 0.25) is 17.6 Å². The van der Waals surface area contributed by atoms with Crippen molar-refractivity contribution < 1.29 is 9.26 Å². The quantitative estimate of drug-likeness (QED) is 0.811. The number of methoxy groups -OCH3 is 1. The molecule has 1 saturated heterocycles. The number of hydrogen-bond acceptors (Lipinski definition) is 7. The van der Waals surface area contributed by atoms with Crippen LogP contribution in [0.1, 0.15) is 11.8 Å². The van der Waals surface area contributed by atoms with Crippen LogP contribution >= 0.6 is 0 Å². The van der Waals surface area contributed by atoms with Crippen molar-refractivity contribution in [1.82, 2.24) is 25.7 Å². The molecule has 1 aliphatic rings. The Bertz CT molecular complexity index is 506. The van der Waals surface area contributed by atoms with E-state index in [0.29, 0.717) is 29.2 Å². The van der Waals surface area contributed by atoms with Gasteiger partial charge in [0.05, 0.1) is 13.0 Å². The monoisotopic (exact) mass is 233 g/mol. The second-order valence-corrected chi connectivity index (χ2v) is 3.77. The standard InChI is InChI=1S/C10H11N5O2/c1-16-8-3-2-7(13-14-8)9-12-10(17-15-9)6-4-11-5-6/h2-3,6,11H,4-5H2,1H3. The second-order valence-electron chi connectivity index (χ2n) is 3.77. The third-order valence-electron chi connectivity index (χ3n) is 2.65. The maximum atomic E-state index is 5.18. The zero-order chi connectivity index (χ0) is 11.7. The normalized spacial score (nSPS) is 15.6. The lowest BCUT2D eigenvalue weighted by molar-refractivity contribution is 0.308. The third kappa shape index (κ3) is 1.84. The highest BCUT2D eigenvalue weighted by Gasteiger charge is 2.25. The van der Waals surface area contributed by atoms with Crippen LogP contribution in [0.15, 0.2) is 16.7 Å². The minimum atomic E-state index is 0.322. The first-order chi connectivity index (χ1) is 8.36. The zero-order valence-corrected chi connectivity index (χ0v) is 9.25. The highest BCUT2D eigenvalue weighted by atomic mass is 16.5. The zero-order valence-electron chi connectivity index (χ0n) is 9.25. The Morgan fingerprint density at radius 2 is 2.24 bits per heavy atom. The molecule has 3 heterocycles. The van der Waals surface area contributed by atoms with Gasteiger partial charge in [-0.05, 0) is 6.07 Å². The molecule has 0 saturated carbocycles. The molecule has 3 rings (SSSR count). The first-order valence-corrected chi connectivity index (χ1v) is 5.29. The average molecular weight is 233 g/mol. The molecule has 0 unspecified atom stereocenters. The molecule has 0 aromatic carbocycles. The summed E-state index contributed by atoms with van der Waals surface area (Å²) in [4.78, 5) is 4.30. The van der Waals surface area contributed by atoms with Crippen LogP contribution in [0.4, 0.5) is 0 Å². The largest absolute Gasteiger partial charge is 0.480 e. The van der Waals surface area contributed by atoms with Gasteiger partial charge in [-0.3, -0.25) is 0 Å². The molecule has 2 aromatic heterocycles. The summed E-state index contributed by atoms with van der Waals surface area (Å²) in [6.45, 7) is 1.77. The van der Waals surface area contributed by atoms with Crippen molar-refractivity contribution in [3.63, 3.8) is 0 Å². The lowest BCUT2D eigenvalue weighted by atomic mass is 10.0. The Morgan fingerprint density at radius 1 is 1.35 bits per heavy atom. The minimum absolute atomic E-state index is 0.322. The van der Waals surface area contributed by atoms with Crippen LogP contribution in [0, 0.1) is 0 Å². The summed E-state index contributed by atoms with van der Waals surface area (Å²) in [5.41, 5.74) is 0.577. The summed E-state index contributed by atoms with van der Waals surface area (Å²) >= 11 is 0. The minimum Gasteiger partial charge on any atom is -0.480 e. The van der Waals surface area contributed by atoms with Crippen LogP contribution in [0.2, 0.25) is 0 Å². The average Bonchev–Trinajstić information content (AvgIpc) is 2.76. The fourth-order valence-electron chi connectivity index (χ4n) is 1.52. The maximum Gasteiger partial charge on any atom is 0.233 e. The Kier molecular flexibility index (Phi) is 2.45. The SMILES string of the molecule is COc1ccc(-c2noc(C3CNC3)n2)nn1. The fourth-order valence-corrected chi connectivity index (χ4v) is 1.52. The van der Waals surface area contributed by atoms with Crippen LogP contribution < -0.4 is 10.1 Å². The Morgan fingerprint density at radius 3 is 2.82 bits per heavy atom. The molecule has 88 valence electrons. The van der Waals surface area contributed by atoms with E-state index in [1.54, 1.807) is 19.2 Å². The van der Waals surface area contributed by atoms with Gasteiger partial charge in [-0.2, -0.15) is 4.98 Å². The van der Waals surface area contributed by atoms with Crippen molar-refractivity contribution >= 4 is 0 Å². The van der Waals surface area contributed by atoms with Gasteiger partial charge in [-0.1, -0.05) is 5.16 Å². The molecule has 7 nitrogen and oxygen atoms in total. The number of nitrogens with one attached hydrogen (secondary N) is 1. The lowest BCUT2D eigenvalue weighted by Gasteiger charge is -2.22. The molecule has 0 atom stereocenters. The molecule has 0 spiro atoms. The molecule has 0 bridgehead atoms. The van der Waals surface area contributed by atoms with Gasteiger partial charge < -0.3 is 14.6 Å². The van der Waals surface area contributed by atoms with Crippen molar-refractivity contribution in [3.8, 4) is 17.4 Å². The van der Waals surface area contributed by atoms with Crippen molar-refractivity contribution in [2.75, 3.05) is 20.2 Å². The number of hydrogen-bond donors (Lipinski definition) is 1. The van der Waals surface area contributed by atoms with Gasteiger partial charge in [-0.15, -0.1) is 10.2 Å². The first-order valence-electron chi connectivity index (χ1n) is 5.29. The smallest absolute Gasteiger partial charge is 0.233 e. The van der Waals surface area contributed by atoms with Gasteiger partial charge >= 0.3 is 0 Å². The van der Waals surface area contributed by atoms with E-state index >= 15 is 0 Å². The number of rotatable bonds is 3. The molecular formula is C10H11N5O2. The summed E-state index contributed by atoms with van der Waals surface area (Å²) in [7, 11) is 1.54. The van der Waals surface area contributed by atoms with E-state index in [1.807, 2.05) is 0 Å². The Hall–Kier alpha value is -2.02. The number of ether oxygens (including phenoxy) is 1. The predicted octanol–water partition coefficient (Wildman–Crippen LogP) is 0.222. The third-order valence-corrected chi connectivity index (χ3v) is 2.65. The molecule has 2 aromatic rings. The molecule has 0 aliphatic carbocycles. The van der Waals surface area contributed by atoms with Gasteiger partial charge in [0.1, 0.15) is 5.69 Å². The van der Waals surface area contributed by atoms with Crippen LogP contribution in [0.5, 0.6) is 5.88 Å². The summed E-state index contributed by atoms with van der Waals surface area (Å²) in [6, 6.07) is 3.46. The van der Waals surface area contributed by atoms with E-state index in [2.05, 4.69) is 25.7 Å². The summed E-state index contributed by atoms with van der Waals surface area (Å²) in [5, 5.41) is 14.9. The van der Waals surface area contributed by atoms with E-state index in [4.69, 9.17) is 9.26 Å². The molecule has 17 heavy (non-hydrogen) atoms. The first kappa shape index (κ1) is 10.2. The van der Waals surface area contributed by atoms with Gasteiger partial charge in [0, 0.05) is 19.2 Å². The van der Waals surface area contributed by atoms with Crippen molar-refractivity contribution in [1.29, 1.82) is 0 Å². The molecular weight excluding hydrogens is 222 g/mol. The van der Waals surface area contributed by atoms with Crippen molar-refractivity contribution in [3.05, 3.63) is 18.0 Å². The van der Waals surface area contributed by atoms with E-state index in [9.17, 15) is 0 Å². The van der Waals surface area contributed by atoms with E-state index in [1.165, 1.54) is 0 Å². The molecule has 0 radical (unpaired) electrons. The summed E-state index contributed by atoms with van der Waals surface area (Å²) < 4.78 is 10.1. The molecule has 7 heteroatoms. The Labute approximate surface area is 97.2 Å². The lowest BCUT2D eigenvalue weighted by Crippen LogP contribution is -2.40. The molecule has 1 N–H and O–H groups in total. The van der Waals surface area contributed by atoms with Crippen LogP contribution in [0.25, 0.3) is 11.5 Å². The van der Waals surface area contributed by atoms with Crippen LogP contribution in [-0.2, 0) is 0 Å². The number of nitrogens with zero attached hydrogens (tertiary/aromatic N) is 4. The highest BCUT2D eigenvalue weighted by molar-refractivity contribution is 5.47. The van der Waals surface area contributed by atoms with E-state index in [-0.39, 0.29) is 0 Å². The maximum absolute atomic E-state index is 5.18. The van der Waals surface area contributed by atoms with Gasteiger partial charge in [0.25, 0.3) is 0 Å². The van der Waals surface area contributed by atoms with Crippen LogP contribution in [0.3, 0.4) is 0 Å². The van der Waals surface area contributed by atoms with Gasteiger partial charge in [0.15, 0.2) is 0 Å². The second kappa shape index (κ2) is 4.10. The number of aromatic nitrogens is 4. The van der Waals surface area contributed by atoms with Crippen molar-refractivity contribution in [2.24, 2.45) is 0 Å². The van der Waals surface area contributed by atoms with E-state index < -0.39 is 0 Å². The predicted molar refractivity (Wildman–Crippen MR) is 57.5 cm³/mol. The molecule has 0 amide bonds. The van der Waals surface area contributed by atoms with Crippen LogP contribution in [-0.4, -0.2) is 40.5 Å². The topological polar surface area (TPSA) is 86.0 Å². The fraction of sp³-hybridized carbons (Fsp3) is 0.400. The summed E-state index contributed by atoms with van der Waals surface area (Å²) in [6.07, 6.45) is 0. The van der Waals surface area contributed by atoms with Crippen molar-refractivity contribution in [2.45, 2.75) is 5.92 Å². The van der Waals surface area contributed by atoms with E-state index in [0.717, 1.165) is 13.1 Å². The molecule has 1 aliphatic heterocycles. The highest BCUT2D eigenvalue weighted by Crippen LogP contribution is 2.21.